The molecule has 2 aromatic rings. The third-order valence-electron chi connectivity index (χ3n) is 3.46. The molecule has 0 aliphatic heterocycles. The van der Waals surface area contributed by atoms with E-state index in [4.69, 9.17) is 10.9 Å². The first-order valence-electron chi connectivity index (χ1n) is 6.61. The van der Waals surface area contributed by atoms with Gasteiger partial charge in [0.2, 0.25) is 0 Å². The Bertz CT molecular complexity index is 684. The topological polar surface area (TPSA) is 91.8 Å². The van der Waals surface area contributed by atoms with Crippen LogP contribution in [0.15, 0.2) is 41.7 Å². The van der Waals surface area contributed by atoms with Gasteiger partial charge in [0.15, 0.2) is 0 Å². The molecule has 21 heavy (non-hydrogen) atoms. The fraction of sp³-hybridized carbons (Fsp3) is 0.267. The molecule has 0 aliphatic rings. The Labute approximate surface area is 122 Å². The van der Waals surface area contributed by atoms with Crippen molar-refractivity contribution in [3.05, 3.63) is 42.1 Å². The van der Waals surface area contributed by atoms with Crippen LogP contribution in [0.5, 0.6) is 0 Å². The molecular formula is C15H18N4O2. The number of nitrogens with two attached hydrogens (primary N) is 1. The van der Waals surface area contributed by atoms with E-state index in [1.807, 2.05) is 31.2 Å². The van der Waals surface area contributed by atoms with Gasteiger partial charge in [-0.25, -0.2) is 0 Å². The number of nitrogens with zero attached hydrogens (tertiary/aromatic N) is 3. The van der Waals surface area contributed by atoms with Gasteiger partial charge in [-0.05, 0) is 31.2 Å². The molecule has 0 saturated heterocycles. The molecular weight excluding hydrogens is 268 g/mol. The summed E-state index contributed by atoms with van der Waals surface area (Å²) >= 11 is 0. The molecule has 3 N–H and O–H groups in total. The fourth-order valence-electron chi connectivity index (χ4n) is 2.09. The summed E-state index contributed by atoms with van der Waals surface area (Å²) < 4.78 is 0. The van der Waals surface area contributed by atoms with Crippen LogP contribution in [0, 0.1) is 0 Å². The maximum Gasteiger partial charge on any atom is 0.253 e. The van der Waals surface area contributed by atoms with Crippen molar-refractivity contribution in [3.63, 3.8) is 0 Å². The Balaban J connectivity index is 2.20. The average Bonchev–Trinajstić information content (AvgIpc) is 2.52. The molecule has 1 unspecified atom stereocenters. The minimum Gasteiger partial charge on any atom is -0.409 e. The highest BCUT2D eigenvalue weighted by Crippen LogP contribution is 2.16. The summed E-state index contributed by atoms with van der Waals surface area (Å²) in [4.78, 5) is 18.3. The van der Waals surface area contributed by atoms with Crippen molar-refractivity contribution in [1.29, 1.82) is 0 Å². The number of amides is 1. The van der Waals surface area contributed by atoms with Crippen molar-refractivity contribution in [2.75, 3.05) is 7.05 Å². The Morgan fingerprint density at radius 3 is 2.95 bits per heavy atom. The maximum absolute atomic E-state index is 12.5. The lowest BCUT2D eigenvalue weighted by molar-refractivity contribution is 0.0747. The molecule has 1 aromatic carbocycles. The summed E-state index contributed by atoms with van der Waals surface area (Å²) in [5.74, 6) is -0.0103. The van der Waals surface area contributed by atoms with Gasteiger partial charge in [-0.1, -0.05) is 11.2 Å². The zero-order valence-corrected chi connectivity index (χ0v) is 12.0. The zero-order chi connectivity index (χ0) is 15.4. The molecule has 0 saturated carbocycles. The van der Waals surface area contributed by atoms with Gasteiger partial charge in [0, 0.05) is 36.7 Å². The van der Waals surface area contributed by atoms with Gasteiger partial charge in [-0.3, -0.25) is 9.78 Å². The third-order valence-corrected chi connectivity index (χ3v) is 3.46. The summed E-state index contributed by atoms with van der Waals surface area (Å²) in [6.07, 6.45) is 2.03. The first kappa shape index (κ1) is 14.8. The number of aromatic nitrogens is 1. The van der Waals surface area contributed by atoms with Crippen molar-refractivity contribution in [1.82, 2.24) is 9.88 Å². The van der Waals surface area contributed by atoms with E-state index in [-0.39, 0.29) is 17.8 Å². The lowest BCUT2D eigenvalue weighted by atomic mass is 10.1. The Morgan fingerprint density at radius 2 is 2.24 bits per heavy atom. The number of fused-ring (bicyclic) bond motifs is 1. The minimum absolute atomic E-state index is 0.102. The molecule has 0 fully saturated rings. The molecule has 0 spiro atoms. The SMILES string of the molecule is CC(CC(N)=NO)N(C)C(=O)c1ccc2ncccc2c1. The van der Waals surface area contributed by atoms with E-state index in [1.54, 1.807) is 24.2 Å². The molecule has 0 radical (unpaired) electrons. The largest absolute Gasteiger partial charge is 0.409 e. The Kier molecular flexibility index (Phi) is 4.37. The minimum atomic E-state index is -0.169. The smallest absolute Gasteiger partial charge is 0.253 e. The number of hydrogen-bond donors (Lipinski definition) is 2. The molecule has 1 atom stereocenters. The molecule has 110 valence electrons. The van der Waals surface area contributed by atoms with Crippen LogP contribution in [0.2, 0.25) is 0 Å². The molecule has 1 aromatic heterocycles. The number of carbonyl (C=O) groups is 1. The van der Waals surface area contributed by atoms with Gasteiger partial charge < -0.3 is 15.8 Å². The van der Waals surface area contributed by atoms with E-state index in [1.165, 1.54) is 0 Å². The second kappa shape index (κ2) is 6.21. The number of amidine groups is 1. The van der Waals surface area contributed by atoms with Gasteiger partial charge >= 0.3 is 0 Å². The summed E-state index contributed by atoms with van der Waals surface area (Å²) in [6, 6.07) is 8.98. The normalized spacial score (nSPS) is 13.1. The lowest BCUT2D eigenvalue weighted by Gasteiger charge is -2.24. The van der Waals surface area contributed by atoms with E-state index in [9.17, 15) is 4.79 Å². The summed E-state index contributed by atoms with van der Waals surface area (Å²) in [7, 11) is 1.70. The quantitative estimate of drug-likeness (QED) is 0.388. The van der Waals surface area contributed by atoms with Crippen LogP contribution in [0.3, 0.4) is 0 Å². The highest BCUT2D eigenvalue weighted by atomic mass is 16.4. The number of oxime groups is 1. The van der Waals surface area contributed by atoms with Crippen molar-refractivity contribution in [2.45, 2.75) is 19.4 Å². The molecule has 1 heterocycles. The van der Waals surface area contributed by atoms with E-state index < -0.39 is 0 Å². The summed E-state index contributed by atoms with van der Waals surface area (Å²) in [5, 5.41) is 12.4. The van der Waals surface area contributed by atoms with Crippen LogP contribution >= 0.6 is 0 Å². The monoisotopic (exact) mass is 286 g/mol. The summed E-state index contributed by atoms with van der Waals surface area (Å²) in [5.41, 5.74) is 6.91. The predicted octanol–water partition coefficient (Wildman–Crippen LogP) is 1.83. The lowest BCUT2D eigenvalue weighted by Crippen LogP contribution is -2.37. The second-order valence-electron chi connectivity index (χ2n) is 4.97. The van der Waals surface area contributed by atoms with Gasteiger partial charge in [0.25, 0.3) is 5.91 Å². The molecule has 0 bridgehead atoms. The Hall–Kier alpha value is -2.63. The van der Waals surface area contributed by atoms with Crippen LogP contribution in [-0.2, 0) is 0 Å². The number of benzene rings is 1. The molecule has 0 aliphatic carbocycles. The second-order valence-corrected chi connectivity index (χ2v) is 4.97. The van der Waals surface area contributed by atoms with Crippen molar-refractivity contribution < 1.29 is 10.0 Å². The zero-order valence-electron chi connectivity index (χ0n) is 12.0. The first-order valence-corrected chi connectivity index (χ1v) is 6.61. The van der Waals surface area contributed by atoms with E-state index in [0.29, 0.717) is 12.0 Å². The average molecular weight is 286 g/mol. The number of rotatable bonds is 4. The molecule has 1 amide bonds. The third kappa shape index (κ3) is 3.28. The molecule has 6 heteroatoms. The highest BCUT2D eigenvalue weighted by Gasteiger charge is 2.18. The van der Waals surface area contributed by atoms with Crippen LogP contribution in [0.4, 0.5) is 0 Å². The number of pyridine rings is 1. The van der Waals surface area contributed by atoms with Gasteiger partial charge in [-0.15, -0.1) is 0 Å². The van der Waals surface area contributed by atoms with E-state index in [2.05, 4.69) is 10.1 Å². The number of carbonyl (C=O) groups excluding carboxylic acids is 1. The van der Waals surface area contributed by atoms with Crippen LogP contribution in [-0.4, -0.2) is 39.9 Å². The first-order chi connectivity index (χ1) is 10.0. The number of hydrogen-bond acceptors (Lipinski definition) is 4. The highest BCUT2D eigenvalue weighted by molar-refractivity contribution is 5.98. The van der Waals surface area contributed by atoms with Gasteiger partial charge in [0.1, 0.15) is 5.84 Å². The Morgan fingerprint density at radius 1 is 1.48 bits per heavy atom. The van der Waals surface area contributed by atoms with Crippen molar-refractivity contribution in [2.24, 2.45) is 10.9 Å². The van der Waals surface area contributed by atoms with E-state index >= 15 is 0 Å². The van der Waals surface area contributed by atoms with Crippen molar-refractivity contribution in [3.8, 4) is 0 Å². The molecule has 2 rings (SSSR count). The van der Waals surface area contributed by atoms with Gasteiger partial charge in [-0.2, -0.15) is 0 Å². The predicted molar refractivity (Wildman–Crippen MR) is 81.3 cm³/mol. The van der Waals surface area contributed by atoms with Crippen LogP contribution < -0.4 is 5.73 Å². The standard InChI is InChI=1S/C15H18N4O2/c1-10(8-14(16)18-21)19(2)15(20)12-5-6-13-11(9-12)4-3-7-17-13/h3-7,9-10,21H,8H2,1-2H3,(H2,16,18). The van der Waals surface area contributed by atoms with Crippen LogP contribution in [0.25, 0.3) is 10.9 Å². The van der Waals surface area contributed by atoms with E-state index in [0.717, 1.165) is 10.9 Å². The fourth-order valence-corrected chi connectivity index (χ4v) is 2.09. The summed E-state index contributed by atoms with van der Waals surface area (Å²) in [6.45, 7) is 1.85. The maximum atomic E-state index is 12.5. The van der Waals surface area contributed by atoms with Gasteiger partial charge in [0.05, 0.1) is 5.52 Å². The molecule has 6 nitrogen and oxygen atoms in total. The van der Waals surface area contributed by atoms with Crippen LogP contribution in [0.1, 0.15) is 23.7 Å². The van der Waals surface area contributed by atoms with Crippen molar-refractivity contribution >= 4 is 22.6 Å².